The number of halogens is 3. The van der Waals surface area contributed by atoms with Gasteiger partial charge in [0.2, 0.25) is 0 Å². The molecule has 0 atom stereocenters. The highest BCUT2D eigenvalue weighted by molar-refractivity contribution is 6.37. The molecule has 206 valence electrons. The van der Waals surface area contributed by atoms with Gasteiger partial charge in [-0.3, -0.25) is 4.90 Å². The molecule has 1 N–H and O–H groups in total. The first-order valence-electron chi connectivity index (χ1n) is 13.8. The van der Waals surface area contributed by atoms with Gasteiger partial charge in [0.15, 0.2) is 0 Å². The summed E-state index contributed by atoms with van der Waals surface area (Å²) in [5, 5.41) is 7.47. The van der Waals surface area contributed by atoms with E-state index in [1.807, 2.05) is 6.20 Å². The molecule has 0 amide bonds. The minimum atomic E-state index is -0.430. The number of nitrogens with one attached hydrogen (secondary N) is 1. The maximum absolute atomic E-state index is 14.9. The molecule has 0 spiro atoms. The fourth-order valence-electron chi connectivity index (χ4n) is 6.21. The van der Waals surface area contributed by atoms with Crippen LogP contribution in [0.4, 0.5) is 4.39 Å². The fourth-order valence-corrected chi connectivity index (χ4v) is 6.62. The average molecular weight is 576 g/mol. The summed E-state index contributed by atoms with van der Waals surface area (Å²) in [7, 11) is 0. The van der Waals surface area contributed by atoms with Gasteiger partial charge in [-0.2, -0.15) is 5.10 Å². The molecule has 3 aromatic carbocycles. The molecule has 7 heteroatoms. The number of rotatable bonds is 6. The van der Waals surface area contributed by atoms with Gasteiger partial charge < -0.3 is 4.98 Å². The third-order valence-corrected chi connectivity index (χ3v) is 9.04. The predicted molar refractivity (Wildman–Crippen MR) is 163 cm³/mol. The number of hydrogen-bond acceptors (Lipinski definition) is 2. The van der Waals surface area contributed by atoms with Crippen molar-refractivity contribution in [2.45, 2.75) is 66.1 Å². The van der Waals surface area contributed by atoms with Crippen LogP contribution in [0.2, 0.25) is 10.0 Å². The van der Waals surface area contributed by atoms with Crippen LogP contribution in [-0.4, -0.2) is 19.7 Å². The van der Waals surface area contributed by atoms with Crippen LogP contribution in [0.25, 0.3) is 27.8 Å². The van der Waals surface area contributed by atoms with E-state index in [-0.39, 0.29) is 5.82 Å². The second-order valence-electron chi connectivity index (χ2n) is 11.2. The smallest absolute Gasteiger partial charge is 0.129 e. The Morgan fingerprint density at radius 3 is 2.40 bits per heavy atom. The molecule has 1 aliphatic heterocycles. The molecule has 40 heavy (non-hydrogen) atoms. The molecule has 6 rings (SSSR count). The highest BCUT2D eigenvalue weighted by atomic mass is 35.5. The number of fused-ring (bicyclic) bond motifs is 2. The molecule has 5 aromatic rings. The van der Waals surface area contributed by atoms with Gasteiger partial charge >= 0.3 is 0 Å². The first kappa shape index (κ1) is 27.1. The third kappa shape index (κ3) is 4.18. The molecule has 4 nitrogen and oxygen atoms in total. The van der Waals surface area contributed by atoms with E-state index in [4.69, 9.17) is 28.3 Å². The minimum absolute atomic E-state index is 0.290. The van der Waals surface area contributed by atoms with Gasteiger partial charge in [0, 0.05) is 46.4 Å². The summed E-state index contributed by atoms with van der Waals surface area (Å²) in [6, 6.07) is 15.7. The Kier molecular flexibility index (Phi) is 6.81. The number of aromatic nitrogens is 3. The zero-order chi connectivity index (χ0) is 28.3. The lowest BCUT2D eigenvalue weighted by Gasteiger charge is -2.32. The van der Waals surface area contributed by atoms with Crippen LogP contribution in [0.3, 0.4) is 0 Å². The molecule has 1 aliphatic rings. The van der Waals surface area contributed by atoms with Crippen molar-refractivity contribution >= 4 is 34.1 Å². The quantitative estimate of drug-likeness (QED) is 0.219. The van der Waals surface area contributed by atoms with Gasteiger partial charge in [-0.1, -0.05) is 73.4 Å². The molecule has 0 unspecified atom stereocenters. The summed E-state index contributed by atoms with van der Waals surface area (Å²) in [6.07, 6.45) is 3.65. The molecule has 0 radical (unpaired) electrons. The molecular weight excluding hydrogens is 542 g/mol. The Labute approximate surface area is 244 Å². The summed E-state index contributed by atoms with van der Waals surface area (Å²) in [4.78, 5) is 5.67. The van der Waals surface area contributed by atoms with Crippen LogP contribution in [0.1, 0.15) is 61.2 Å². The Hall–Kier alpha value is -3.12. The van der Waals surface area contributed by atoms with E-state index in [0.717, 1.165) is 57.5 Å². The van der Waals surface area contributed by atoms with Gasteiger partial charge in [-0.15, -0.1) is 0 Å². The zero-order valence-corrected chi connectivity index (χ0v) is 25.0. The summed E-state index contributed by atoms with van der Waals surface area (Å²) < 4.78 is 17.0. The summed E-state index contributed by atoms with van der Waals surface area (Å²) in [6.45, 7) is 11.9. The Bertz CT molecular complexity index is 1740. The fraction of sp³-hybridized carbons (Fsp3) is 0.303. The summed E-state index contributed by atoms with van der Waals surface area (Å²) >= 11 is 12.9. The Morgan fingerprint density at radius 1 is 1.00 bits per heavy atom. The topological polar surface area (TPSA) is 36.9 Å². The van der Waals surface area contributed by atoms with Crippen molar-refractivity contribution in [3.63, 3.8) is 0 Å². The van der Waals surface area contributed by atoms with E-state index in [1.54, 1.807) is 12.1 Å². The molecule has 0 fully saturated rings. The van der Waals surface area contributed by atoms with Crippen molar-refractivity contribution in [2.24, 2.45) is 0 Å². The molecule has 2 aromatic heterocycles. The van der Waals surface area contributed by atoms with E-state index in [0.29, 0.717) is 28.7 Å². The van der Waals surface area contributed by atoms with Crippen LogP contribution in [-0.2, 0) is 31.5 Å². The van der Waals surface area contributed by atoms with Crippen molar-refractivity contribution < 1.29 is 4.39 Å². The van der Waals surface area contributed by atoms with E-state index in [9.17, 15) is 4.39 Å². The van der Waals surface area contributed by atoms with Crippen molar-refractivity contribution in [3.05, 3.63) is 104 Å². The zero-order valence-electron chi connectivity index (χ0n) is 23.5. The lowest BCUT2D eigenvalue weighted by Crippen LogP contribution is -2.36. The minimum Gasteiger partial charge on any atom is -0.360 e. The van der Waals surface area contributed by atoms with Gasteiger partial charge in [-0.05, 0) is 62.4 Å². The second kappa shape index (κ2) is 10.1. The number of benzene rings is 3. The van der Waals surface area contributed by atoms with Crippen molar-refractivity contribution in [1.82, 2.24) is 19.7 Å². The largest absolute Gasteiger partial charge is 0.360 e. The van der Waals surface area contributed by atoms with Crippen LogP contribution in [0, 0.1) is 12.7 Å². The van der Waals surface area contributed by atoms with Gasteiger partial charge in [0.05, 0.1) is 33.2 Å². The monoisotopic (exact) mass is 574 g/mol. The molecule has 3 heterocycles. The number of hydrogen-bond donors (Lipinski definition) is 1. The Balaban J connectivity index is 1.61. The molecule has 0 saturated heterocycles. The van der Waals surface area contributed by atoms with Crippen LogP contribution < -0.4 is 0 Å². The number of aryl methyl sites for hydroxylation is 3. The number of H-pyrrole nitrogens is 1. The maximum atomic E-state index is 14.9. The molecule has 0 saturated carbocycles. The predicted octanol–water partition coefficient (Wildman–Crippen LogP) is 9.15. The van der Waals surface area contributed by atoms with E-state index in [1.165, 1.54) is 17.2 Å². The number of aromatic amines is 1. The van der Waals surface area contributed by atoms with E-state index >= 15 is 0 Å². The molecule has 0 aliphatic carbocycles. The van der Waals surface area contributed by atoms with Crippen LogP contribution in [0.15, 0.2) is 54.7 Å². The first-order valence-corrected chi connectivity index (χ1v) is 14.6. The first-order chi connectivity index (χ1) is 19.1. The van der Waals surface area contributed by atoms with E-state index in [2.05, 4.69) is 79.5 Å². The second-order valence-corrected chi connectivity index (χ2v) is 12.0. The van der Waals surface area contributed by atoms with Gasteiger partial charge in [0.1, 0.15) is 5.82 Å². The van der Waals surface area contributed by atoms with E-state index < -0.39 is 5.54 Å². The number of para-hydroxylation sites is 1. The Morgan fingerprint density at radius 2 is 1.73 bits per heavy atom. The average Bonchev–Trinajstić information content (AvgIpc) is 3.57. The highest BCUT2D eigenvalue weighted by Crippen LogP contribution is 2.47. The number of nitrogens with zero attached hydrogens (tertiary/aromatic N) is 3. The highest BCUT2D eigenvalue weighted by Gasteiger charge is 2.43. The summed E-state index contributed by atoms with van der Waals surface area (Å²) in [5.74, 6) is -0.290. The lowest BCUT2D eigenvalue weighted by atomic mass is 9.96. The lowest BCUT2D eigenvalue weighted by molar-refractivity contribution is 0.121. The third-order valence-electron chi connectivity index (χ3n) is 8.51. The molecular formula is C33H33Cl2FN4. The standard InChI is InChI=1S/C33H33Cl2FN4/c1-6-20-9-8-10-21(7-2)30(20)40-31(24-14-11-19(3)29-28(24)26(35)16-37-29)25-18-39(33(4,5)32(25)38-40)17-22-12-13-23(34)15-27(22)36/h8-16,37H,6-7,17-18H2,1-5H3. The SMILES string of the molecule is CCc1cccc(CC)c1-n1nc2c(c1-c1ccc(C)c3[nH]cc(Cl)c13)CN(Cc1ccc(Cl)cc1F)C2(C)C. The maximum Gasteiger partial charge on any atom is 0.129 e. The van der Waals surface area contributed by atoms with Crippen LogP contribution >= 0.6 is 23.2 Å². The molecule has 0 bridgehead atoms. The van der Waals surface area contributed by atoms with Gasteiger partial charge in [0.25, 0.3) is 0 Å². The van der Waals surface area contributed by atoms with Crippen molar-refractivity contribution in [3.8, 4) is 16.9 Å². The van der Waals surface area contributed by atoms with Gasteiger partial charge in [-0.25, -0.2) is 9.07 Å². The normalized spacial score (nSPS) is 14.8. The summed E-state index contributed by atoms with van der Waals surface area (Å²) in [5.41, 5.74) is 10.2. The van der Waals surface area contributed by atoms with Crippen molar-refractivity contribution in [2.75, 3.05) is 0 Å². The van der Waals surface area contributed by atoms with Crippen LogP contribution in [0.5, 0.6) is 0 Å². The van der Waals surface area contributed by atoms with Crippen molar-refractivity contribution in [1.29, 1.82) is 0 Å².